The highest BCUT2D eigenvalue weighted by Gasteiger charge is 2.28. The molecule has 3 nitrogen and oxygen atoms in total. The first-order valence-corrected chi connectivity index (χ1v) is 6.91. The molecule has 0 aliphatic heterocycles. The largest absolute Gasteiger partial charge is 0.388 e. The van der Waals surface area contributed by atoms with Gasteiger partial charge in [0.15, 0.2) is 5.43 Å². The summed E-state index contributed by atoms with van der Waals surface area (Å²) in [7, 11) is 0. The molecule has 3 heteroatoms. The van der Waals surface area contributed by atoms with Crippen molar-refractivity contribution in [1.82, 2.24) is 4.57 Å². The summed E-state index contributed by atoms with van der Waals surface area (Å²) in [5.41, 5.74) is 1.34. The molecule has 1 saturated carbocycles. The van der Waals surface area contributed by atoms with E-state index in [1.54, 1.807) is 12.1 Å². The van der Waals surface area contributed by atoms with E-state index in [0.29, 0.717) is 6.54 Å². The highest BCUT2D eigenvalue weighted by atomic mass is 16.3. The summed E-state index contributed by atoms with van der Waals surface area (Å²) < 4.78 is 2.08. The molecule has 0 saturated heterocycles. The van der Waals surface area contributed by atoms with E-state index in [1.165, 1.54) is 12.8 Å². The zero-order chi connectivity index (χ0) is 13.2. The zero-order valence-corrected chi connectivity index (χ0v) is 11.4. The number of aryl methyl sites for hydroxylation is 2. The topological polar surface area (TPSA) is 42.2 Å². The van der Waals surface area contributed by atoms with Crippen molar-refractivity contribution in [2.24, 2.45) is 0 Å². The number of hydrogen-bond donors (Lipinski definition) is 1. The average molecular weight is 249 g/mol. The van der Waals surface area contributed by atoms with Crippen LogP contribution in [0.2, 0.25) is 0 Å². The van der Waals surface area contributed by atoms with Gasteiger partial charge >= 0.3 is 0 Å². The Hall–Kier alpha value is -1.09. The zero-order valence-electron chi connectivity index (χ0n) is 11.4. The molecule has 0 bridgehead atoms. The van der Waals surface area contributed by atoms with Crippen molar-refractivity contribution in [3.8, 4) is 0 Å². The van der Waals surface area contributed by atoms with Crippen molar-refractivity contribution in [3.63, 3.8) is 0 Å². The second-order valence-corrected chi connectivity index (χ2v) is 5.70. The van der Waals surface area contributed by atoms with Crippen LogP contribution < -0.4 is 5.43 Å². The van der Waals surface area contributed by atoms with Crippen LogP contribution in [0.1, 0.15) is 49.9 Å². The molecular formula is C15H23NO2. The minimum Gasteiger partial charge on any atom is -0.388 e. The van der Waals surface area contributed by atoms with Crippen molar-refractivity contribution < 1.29 is 5.11 Å². The van der Waals surface area contributed by atoms with Crippen LogP contribution in [0.3, 0.4) is 0 Å². The van der Waals surface area contributed by atoms with E-state index in [4.69, 9.17) is 0 Å². The summed E-state index contributed by atoms with van der Waals surface area (Å²) in [4.78, 5) is 11.4. The normalized spacial score (nSPS) is 19.5. The van der Waals surface area contributed by atoms with Gasteiger partial charge in [0, 0.05) is 23.5 Å². The minimum absolute atomic E-state index is 0.0501. The molecule has 1 aromatic heterocycles. The fraction of sp³-hybridized carbons (Fsp3) is 0.667. The van der Waals surface area contributed by atoms with E-state index in [0.717, 1.165) is 37.1 Å². The number of pyridine rings is 1. The Kier molecular flexibility index (Phi) is 3.91. The Morgan fingerprint density at radius 3 is 2.11 bits per heavy atom. The molecule has 0 spiro atoms. The molecule has 1 fully saturated rings. The summed E-state index contributed by atoms with van der Waals surface area (Å²) in [5.74, 6) is 0. The molecule has 1 heterocycles. The molecule has 18 heavy (non-hydrogen) atoms. The van der Waals surface area contributed by atoms with Crippen molar-refractivity contribution in [1.29, 1.82) is 0 Å². The van der Waals surface area contributed by atoms with Crippen LogP contribution in [0.25, 0.3) is 0 Å². The summed E-state index contributed by atoms with van der Waals surface area (Å²) in [6, 6.07) is 3.29. The Morgan fingerprint density at radius 2 is 1.61 bits per heavy atom. The lowest BCUT2D eigenvalue weighted by Gasteiger charge is -2.29. The lowest BCUT2D eigenvalue weighted by molar-refractivity contribution is 0.00693. The van der Waals surface area contributed by atoms with E-state index in [1.807, 2.05) is 13.8 Å². The minimum atomic E-state index is -0.596. The molecule has 0 radical (unpaired) electrons. The van der Waals surface area contributed by atoms with Gasteiger partial charge in [-0.2, -0.15) is 0 Å². The molecule has 0 aromatic carbocycles. The fourth-order valence-electron chi connectivity index (χ4n) is 2.98. The van der Waals surface area contributed by atoms with Crippen LogP contribution in [0.4, 0.5) is 0 Å². The fourth-order valence-corrected chi connectivity index (χ4v) is 2.98. The number of rotatable bonds is 2. The molecule has 0 amide bonds. The average Bonchev–Trinajstić information content (AvgIpc) is 2.49. The third kappa shape index (κ3) is 3.02. The van der Waals surface area contributed by atoms with Crippen molar-refractivity contribution in [3.05, 3.63) is 33.7 Å². The SMILES string of the molecule is Cc1cc(=O)cc(C)n1CC1(O)CCCCCC1. The second kappa shape index (κ2) is 5.27. The van der Waals surface area contributed by atoms with Gasteiger partial charge in [-0.3, -0.25) is 4.79 Å². The monoisotopic (exact) mass is 249 g/mol. The van der Waals surface area contributed by atoms with Crippen LogP contribution in [0.15, 0.2) is 16.9 Å². The first kappa shape index (κ1) is 13.3. The molecule has 1 aromatic rings. The van der Waals surface area contributed by atoms with Gasteiger partial charge in [0.25, 0.3) is 0 Å². The van der Waals surface area contributed by atoms with Crippen LogP contribution in [0.5, 0.6) is 0 Å². The molecule has 0 unspecified atom stereocenters. The van der Waals surface area contributed by atoms with E-state index in [-0.39, 0.29) is 5.43 Å². The Bertz CT molecular complexity index is 442. The van der Waals surface area contributed by atoms with Gasteiger partial charge in [0.1, 0.15) is 0 Å². The molecular weight excluding hydrogens is 226 g/mol. The summed E-state index contributed by atoms with van der Waals surface area (Å²) in [6.07, 6.45) is 6.41. The lowest BCUT2D eigenvalue weighted by Crippen LogP contribution is -2.35. The number of hydrogen-bond acceptors (Lipinski definition) is 2. The van der Waals surface area contributed by atoms with Gasteiger partial charge in [0.2, 0.25) is 0 Å². The van der Waals surface area contributed by atoms with Gasteiger partial charge in [-0.15, -0.1) is 0 Å². The summed E-state index contributed by atoms with van der Waals surface area (Å²) >= 11 is 0. The smallest absolute Gasteiger partial charge is 0.182 e. The molecule has 2 rings (SSSR count). The number of aromatic nitrogens is 1. The van der Waals surface area contributed by atoms with Crippen LogP contribution in [-0.2, 0) is 6.54 Å². The van der Waals surface area contributed by atoms with E-state index < -0.39 is 5.60 Å². The van der Waals surface area contributed by atoms with Crippen molar-refractivity contribution >= 4 is 0 Å². The lowest BCUT2D eigenvalue weighted by atomic mass is 9.94. The predicted octanol–water partition coefficient (Wildman–Crippen LogP) is 2.55. The Morgan fingerprint density at radius 1 is 1.11 bits per heavy atom. The summed E-state index contributed by atoms with van der Waals surface area (Å²) in [6.45, 7) is 4.49. The molecule has 100 valence electrons. The highest BCUT2D eigenvalue weighted by molar-refractivity contribution is 5.13. The highest BCUT2D eigenvalue weighted by Crippen LogP contribution is 2.29. The first-order chi connectivity index (χ1) is 8.50. The quantitative estimate of drug-likeness (QED) is 0.818. The Balaban J connectivity index is 2.25. The maximum absolute atomic E-state index is 11.4. The Labute approximate surface area is 108 Å². The van der Waals surface area contributed by atoms with E-state index in [9.17, 15) is 9.90 Å². The van der Waals surface area contributed by atoms with Gasteiger partial charge in [-0.1, -0.05) is 25.7 Å². The number of aliphatic hydroxyl groups is 1. The molecule has 1 N–H and O–H groups in total. The maximum atomic E-state index is 11.4. The standard InChI is InChI=1S/C15H23NO2/c1-12-9-14(17)10-13(2)16(12)11-15(18)7-5-3-4-6-8-15/h9-10,18H,3-8,11H2,1-2H3. The number of nitrogens with zero attached hydrogens (tertiary/aromatic N) is 1. The maximum Gasteiger partial charge on any atom is 0.182 e. The van der Waals surface area contributed by atoms with Crippen molar-refractivity contribution in [2.75, 3.05) is 0 Å². The van der Waals surface area contributed by atoms with Crippen LogP contribution in [-0.4, -0.2) is 15.3 Å². The van der Waals surface area contributed by atoms with Crippen LogP contribution in [0, 0.1) is 13.8 Å². The van der Waals surface area contributed by atoms with E-state index >= 15 is 0 Å². The molecule has 1 aliphatic carbocycles. The predicted molar refractivity (Wildman–Crippen MR) is 72.8 cm³/mol. The molecule has 1 aliphatic rings. The second-order valence-electron chi connectivity index (χ2n) is 5.70. The molecule has 0 atom stereocenters. The van der Waals surface area contributed by atoms with Gasteiger partial charge < -0.3 is 9.67 Å². The third-order valence-corrected chi connectivity index (χ3v) is 4.04. The van der Waals surface area contributed by atoms with Crippen molar-refractivity contribution in [2.45, 2.75) is 64.5 Å². The first-order valence-electron chi connectivity index (χ1n) is 6.91. The van der Waals surface area contributed by atoms with Gasteiger partial charge in [-0.25, -0.2) is 0 Å². The summed E-state index contributed by atoms with van der Waals surface area (Å²) in [5, 5.41) is 10.7. The van der Waals surface area contributed by atoms with Gasteiger partial charge in [-0.05, 0) is 26.7 Å². The third-order valence-electron chi connectivity index (χ3n) is 4.04. The van der Waals surface area contributed by atoms with Gasteiger partial charge in [0.05, 0.1) is 12.1 Å². The van der Waals surface area contributed by atoms with E-state index in [2.05, 4.69) is 4.57 Å². The van der Waals surface area contributed by atoms with Crippen LogP contribution >= 0.6 is 0 Å².